The first-order chi connectivity index (χ1) is 10.6. The molecule has 23 heavy (non-hydrogen) atoms. The van der Waals surface area contributed by atoms with Gasteiger partial charge in [-0.25, -0.2) is 4.79 Å². The Labute approximate surface area is 129 Å². The number of halogens is 3. The zero-order chi connectivity index (χ0) is 17.6. The number of ether oxygens (including phenoxy) is 1. The number of nitrogens with zero attached hydrogens (tertiary/aromatic N) is 1. The van der Waals surface area contributed by atoms with E-state index in [1.165, 1.54) is 19.1 Å². The van der Waals surface area contributed by atoms with E-state index in [0.29, 0.717) is 0 Å². The molecule has 0 heterocycles. The number of nitriles is 1. The summed E-state index contributed by atoms with van der Waals surface area (Å²) in [5.41, 5.74) is 0.136. The second-order valence-corrected chi connectivity index (χ2v) is 4.59. The predicted octanol–water partition coefficient (Wildman–Crippen LogP) is 1.85. The number of alkyl halides is 3. The Morgan fingerprint density at radius 1 is 1.39 bits per heavy atom. The van der Waals surface area contributed by atoms with E-state index in [1.807, 2.05) is 6.07 Å². The molecule has 1 aromatic carbocycles. The van der Waals surface area contributed by atoms with E-state index in [4.69, 9.17) is 15.1 Å². The molecular weight excluding hydrogens is 317 g/mol. The van der Waals surface area contributed by atoms with Crippen LogP contribution in [-0.4, -0.2) is 35.3 Å². The lowest BCUT2D eigenvalue weighted by Gasteiger charge is -2.20. The molecule has 1 aromatic rings. The van der Waals surface area contributed by atoms with Gasteiger partial charge in [0.05, 0.1) is 12.0 Å². The largest absolute Gasteiger partial charge is 0.480 e. The average Bonchev–Trinajstić information content (AvgIpc) is 2.45. The zero-order valence-electron chi connectivity index (χ0n) is 11.9. The van der Waals surface area contributed by atoms with Crippen molar-refractivity contribution in [2.75, 3.05) is 0 Å². The number of carboxylic acids is 1. The molecule has 0 aliphatic rings. The summed E-state index contributed by atoms with van der Waals surface area (Å²) in [6, 6.07) is 5.68. The molecule has 2 atom stereocenters. The van der Waals surface area contributed by atoms with E-state index in [-0.39, 0.29) is 11.3 Å². The fraction of sp³-hybridized carbons (Fsp3) is 0.357. The summed E-state index contributed by atoms with van der Waals surface area (Å²) >= 11 is 0. The van der Waals surface area contributed by atoms with Gasteiger partial charge in [-0.15, -0.1) is 0 Å². The van der Waals surface area contributed by atoms with Crippen LogP contribution in [-0.2, 0) is 9.59 Å². The SMILES string of the molecule is CC(Oc1ccccc1C#N)C(=O)NC(CC(F)(F)F)C(=O)O. The summed E-state index contributed by atoms with van der Waals surface area (Å²) in [5, 5.41) is 19.4. The Kier molecular flexibility index (Phi) is 5.95. The summed E-state index contributed by atoms with van der Waals surface area (Å²) in [6.07, 6.45) is -7.72. The van der Waals surface area contributed by atoms with E-state index in [9.17, 15) is 22.8 Å². The molecule has 0 bridgehead atoms. The van der Waals surface area contributed by atoms with Gasteiger partial charge >= 0.3 is 12.1 Å². The van der Waals surface area contributed by atoms with Crippen LogP contribution in [0.25, 0.3) is 0 Å². The van der Waals surface area contributed by atoms with Gasteiger partial charge in [-0.05, 0) is 19.1 Å². The quantitative estimate of drug-likeness (QED) is 0.829. The number of benzene rings is 1. The predicted molar refractivity (Wildman–Crippen MR) is 71.5 cm³/mol. The molecule has 124 valence electrons. The van der Waals surface area contributed by atoms with Crippen molar-refractivity contribution in [3.05, 3.63) is 29.8 Å². The third-order valence-corrected chi connectivity index (χ3v) is 2.73. The molecule has 0 aliphatic carbocycles. The highest BCUT2D eigenvalue weighted by atomic mass is 19.4. The number of hydrogen-bond acceptors (Lipinski definition) is 4. The first kappa shape index (κ1) is 18.3. The fourth-order valence-electron chi connectivity index (χ4n) is 1.63. The topological polar surface area (TPSA) is 99.4 Å². The molecule has 2 N–H and O–H groups in total. The van der Waals surface area contributed by atoms with Crippen molar-refractivity contribution in [2.45, 2.75) is 31.7 Å². The molecule has 0 spiro atoms. The summed E-state index contributed by atoms with van der Waals surface area (Å²) in [6.45, 7) is 1.23. The monoisotopic (exact) mass is 330 g/mol. The minimum absolute atomic E-state index is 0.0698. The highest BCUT2D eigenvalue weighted by molar-refractivity contribution is 5.86. The van der Waals surface area contributed by atoms with Crippen molar-refractivity contribution in [3.63, 3.8) is 0 Å². The molecule has 2 unspecified atom stereocenters. The number of para-hydroxylation sites is 1. The Morgan fingerprint density at radius 3 is 2.52 bits per heavy atom. The molecule has 9 heteroatoms. The molecule has 0 aromatic heterocycles. The lowest BCUT2D eigenvalue weighted by Crippen LogP contribution is -2.48. The number of carbonyl (C=O) groups excluding carboxylic acids is 1. The minimum atomic E-state index is -4.74. The van der Waals surface area contributed by atoms with Gasteiger partial charge in [0, 0.05) is 0 Å². The number of rotatable bonds is 6. The average molecular weight is 330 g/mol. The maximum Gasteiger partial charge on any atom is 0.391 e. The fourth-order valence-corrected chi connectivity index (χ4v) is 1.63. The summed E-state index contributed by atoms with van der Waals surface area (Å²) < 4.78 is 42.0. The van der Waals surface area contributed by atoms with E-state index in [2.05, 4.69) is 0 Å². The van der Waals surface area contributed by atoms with Crippen LogP contribution in [0.5, 0.6) is 5.75 Å². The Morgan fingerprint density at radius 2 is 2.00 bits per heavy atom. The number of hydrogen-bond donors (Lipinski definition) is 2. The van der Waals surface area contributed by atoms with Gasteiger partial charge in [0.2, 0.25) is 0 Å². The maximum absolute atomic E-state index is 12.3. The van der Waals surface area contributed by atoms with Crippen LogP contribution >= 0.6 is 0 Å². The van der Waals surface area contributed by atoms with E-state index < -0.39 is 36.6 Å². The van der Waals surface area contributed by atoms with Crippen molar-refractivity contribution >= 4 is 11.9 Å². The van der Waals surface area contributed by atoms with Crippen molar-refractivity contribution in [1.82, 2.24) is 5.32 Å². The standard InChI is InChI=1S/C14H13F3N2O4/c1-8(23-11-5-3-2-4-9(11)7-18)12(20)19-10(13(21)22)6-14(15,16)17/h2-5,8,10H,6H2,1H3,(H,19,20)(H,21,22). The molecule has 0 fully saturated rings. The van der Waals surface area contributed by atoms with Crippen LogP contribution in [0.2, 0.25) is 0 Å². The van der Waals surface area contributed by atoms with Crippen molar-refractivity contribution in [2.24, 2.45) is 0 Å². The molecule has 1 amide bonds. The number of aliphatic carboxylic acids is 1. The smallest absolute Gasteiger partial charge is 0.391 e. The van der Waals surface area contributed by atoms with Crippen molar-refractivity contribution < 1.29 is 32.6 Å². The van der Waals surface area contributed by atoms with Crippen LogP contribution in [0.3, 0.4) is 0 Å². The number of carbonyl (C=O) groups is 2. The van der Waals surface area contributed by atoms with Crippen LogP contribution in [0.1, 0.15) is 18.9 Å². The van der Waals surface area contributed by atoms with Crippen LogP contribution in [0.15, 0.2) is 24.3 Å². The van der Waals surface area contributed by atoms with Gasteiger partial charge in [0.25, 0.3) is 5.91 Å². The van der Waals surface area contributed by atoms with Crippen LogP contribution in [0, 0.1) is 11.3 Å². The lowest BCUT2D eigenvalue weighted by atomic mass is 10.2. The first-order valence-corrected chi connectivity index (χ1v) is 6.39. The summed E-state index contributed by atoms with van der Waals surface area (Å²) in [4.78, 5) is 22.6. The number of carboxylic acid groups (broad SMARTS) is 1. The van der Waals surface area contributed by atoms with Crippen molar-refractivity contribution in [3.8, 4) is 11.8 Å². The maximum atomic E-state index is 12.3. The highest BCUT2D eigenvalue weighted by Crippen LogP contribution is 2.22. The molecule has 0 saturated carbocycles. The molecule has 6 nitrogen and oxygen atoms in total. The van der Waals surface area contributed by atoms with Gasteiger partial charge in [0.15, 0.2) is 6.10 Å². The van der Waals surface area contributed by atoms with Gasteiger partial charge < -0.3 is 15.2 Å². The van der Waals surface area contributed by atoms with Gasteiger partial charge in [-0.2, -0.15) is 18.4 Å². The normalized spacial score (nSPS) is 13.5. The van der Waals surface area contributed by atoms with Crippen LogP contribution in [0.4, 0.5) is 13.2 Å². The second kappa shape index (κ2) is 7.49. The Bertz CT molecular complexity index is 625. The molecular formula is C14H13F3N2O4. The third kappa shape index (κ3) is 5.86. The Hall–Kier alpha value is -2.76. The van der Waals surface area contributed by atoms with Crippen molar-refractivity contribution in [1.29, 1.82) is 5.26 Å². The molecule has 0 aliphatic heterocycles. The van der Waals surface area contributed by atoms with E-state index in [1.54, 1.807) is 17.4 Å². The van der Waals surface area contributed by atoms with Gasteiger partial charge in [-0.3, -0.25) is 4.79 Å². The molecule has 1 rings (SSSR count). The summed E-state index contributed by atoms with van der Waals surface area (Å²) in [5.74, 6) is -2.77. The van der Waals surface area contributed by atoms with E-state index in [0.717, 1.165) is 0 Å². The number of amides is 1. The second-order valence-electron chi connectivity index (χ2n) is 4.59. The number of nitrogens with one attached hydrogen (secondary N) is 1. The first-order valence-electron chi connectivity index (χ1n) is 6.39. The minimum Gasteiger partial charge on any atom is -0.480 e. The lowest BCUT2D eigenvalue weighted by molar-refractivity contribution is -0.160. The van der Waals surface area contributed by atoms with Crippen LogP contribution < -0.4 is 10.1 Å². The van der Waals surface area contributed by atoms with Gasteiger partial charge in [0.1, 0.15) is 17.9 Å². The van der Waals surface area contributed by atoms with E-state index >= 15 is 0 Å². The molecule has 0 radical (unpaired) electrons. The zero-order valence-corrected chi connectivity index (χ0v) is 11.9. The highest BCUT2D eigenvalue weighted by Gasteiger charge is 2.37. The third-order valence-electron chi connectivity index (χ3n) is 2.73. The van der Waals surface area contributed by atoms with Gasteiger partial charge in [-0.1, -0.05) is 12.1 Å². The summed E-state index contributed by atoms with van der Waals surface area (Å²) in [7, 11) is 0. The molecule has 0 saturated heterocycles. The Balaban J connectivity index is 2.76.